The Labute approximate surface area is 146 Å². The van der Waals surface area contributed by atoms with E-state index in [9.17, 15) is 4.79 Å². The van der Waals surface area contributed by atoms with Crippen LogP contribution in [0.5, 0.6) is 11.5 Å². The normalized spacial score (nSPS) is 13.2. The highest BCUT2D eigenvalue weighted by Gasteiger charge is 2.16. The molecule has 0 aromatic heterocycles. The molecule has 0 saturated carbocycles. The van der Waals surface area contributed by atoms with E-state index in [0.717, 1.165) is 4.47 Å². The summed E-state index contributed by atoms with van der Waals surface area (Å²) in [5.74, 6) is 0.231. The van der Waals surface area contributed by atoms with Gasteiger partial charge < -0.3 is 14.6 Å². The molecule has 2 aromatic carbocycles. The second-order valence-electron chi connectivity index (χ2n) is 5.00. The molecule has 1 heterocycles. The molecule has 0 aliphatic carbocycles. The molecule has 0 spiro atoms. The summed E-state index contributed by atoms with van der Waals surface area (Å²) < 4.78 is 11.6. The highest BCUT2D eigenvalue weighted by molar-refractivity contribution is 9.10. The van der Waals surface area contributed by atoms with E-state index in [-0.39, 0.29) is 12.2 Å². The van der Waals surface area contributed by atoms with Gasteiger partial charge >= 0.3 is 5.97 Å². The molecule has 0 fully saturated rings. The summed E-state index contributed by atoms with van der Waals surface area (Å²) in [5, 5.41) is 17.4. The quantitative estimate of drug-likeness (QED) is 0.767. The predicted octanol–water partition coefficient (Wildman–Crippen LogP) is 4.73. The van der Waals surface area contributed by atoms with E-state index in [1.54, 1.807) is 43.5 Å². The molecule has 0 bridgehead atoms. The number of aliphatic carboxylic acids is 1. The smallest absolute Gasteiger partial charge is 0.335 e. The van der Waals surface area contributed by atoms with E-state index in [0.29, 0.717) is 28.4 Å². The van der Waals surface area contributed by atoms with E-state index >= 15 is 0 Å². The molecule has 1 aliphatic heterocycles. The maximum Gasteiger partial charge on any atom is 0.335 e. The monoisotopic (exact) mass is 388 g/mol. The van der Waals surface area contributed by atoms with E-state index < -0.39 is 5.97 Å². The molecule has 0 saturated heterocycles. The number of hydrogen-bond acceptors (Lipinski definition) is 5. The fourth-order valence-corrected chi connectivity index (χ4v) is 2.54. The number of benzene rings is 2. The largest absolute Gasteiger partial charge is 0.494 e. The summed E-state index contributed by atoms with van der Waals surface area (Å²) in [5.41, 5.74) is 2.05. The number of ether oxygens (including phenoxy) is 2. The Morgan fingerprint density at radius 1 is 1.25 bits per heavy atom. The Morgan fingerprint density at radius 2 is 2.08 bits per heavy atom. The number of carbonyl (C=O) groups is 1. The molecule has 2 aromatic rings. The number of azo groups is 1. The zero-order chi connectivity index (χ0) is 17.1. The Balaban J connectivity index is 1.90. The number of halogens is 1. The van der Waals surface area contributed by atoms with Crippen molar-refractivity contribution in [1.82, 2.24) is 0 Å². The van der Waals surface area contributed by atoms with Crippen molar-refractivity contribution in [3.63, 3.8) is 0 Å². The Kier molecular flexibility index (Phi) is 4.61. The first kappa shape index (κ1) is 16.2. The molecule has 3 rings (SSSR count). The average Bonchev–Trinajstić information content (AvgIpc) is 2.59. The summed E-state index contributed by atoms with van der Waals surface area (Å²) in [6.45, 7) is 0.0549. The third kappa shape index (κ3) is 3.46. The fourth-order valence-electron chi connectivity index (χ4n) is 2.20. The second-order valence-corrected chi connectivity index (χ2v) is 5.92. The highest BCUT2D eigenvalue weighted by Crippen LogP contribution is 2.34. The van der Waals surface area contributed by atoms with E-state index in [4.69, 9.17) is 14.6 Å². The van der Waals surface area contributed by atoms with Crippen molar-refractivity contribution >= 4 is 39.4 Å². The Bertz CT molecular complexity index is 862. The van der Waals surface area contributed by atoms with Crippen molar-refractivity contribution in [2.45, 2.75) is 0 Å². The zero-order valence-electron chi connectivity index (χ0n) is 12.7. The SMILES string of the molecule is COc1cc(Br)ccc1N=Nc1ccc2c(c1)C=C(C(=O)O)CO2. The lowest BCUT2D eigenvalue weighted by Gasteiger charge is -2.15. The van der Waals surface area contributed by atoms with Crippen LogP contribution < -0.4 is 9.47 Å². The lowest BCUT2D eigenvalue weighted by molar-refractivity contribution is -0.132. The molecule has 0 atom stereocenters. The van der Waals surface area contributed by atoms with Gasteiger partial charge in [0.15, 0.2) is 0 Å². The molecular weight excluding hydrogens is 376 g/mol. The number of rotatable bonds is 4. The number of carboxylic acid groups (broad SMARTS) is 1. The van der Waals surface area contributed by atoms with Crippen molar-refractivity contribution in [2.75, 3.05) is 13.7 Å². The van der Waals surface area contributed by atoms with Gasteiger partial charge in [0.25, 0.3) is 0 Å². The van der Waals surface area contributed by atoms with Gasteiger partial charge in [-0.15, -0.1) is 5.11 Å². The summed E-state index contributed by atoms with van der Waals surface area (Å²) in [6, 6.07) is 10.7. The van der Waals surface area contributed by atoms with Gasteiger partial charge in [-0.2, -0.15) is 5.11 Å². The summed E-state index contributed by atoms with van der Waals surface area (Å²) >= 11 is 3.37. The molecule has 7 heteroatoms. The maximum atomic E-state index is 11.0. The summed E-state index contributed by atoms with van der Waals surface area (Å²) in [4.78, 5) is 11.0. The Morgan fingerprint density at radius 3 is 2.83 bits per heavy atom. The topological polar surface area (TPSA) is 80.5 Å². The minimum absolute atomic E-state index is 0.0549. The standard InChI is InChI=1S/C17H13BrN2O4/c1-23-16-8-12(18)2-4-14(16)20-19-13-3-5-15-10(7-13)6-11(9-24-15)17(21)22/h2-8H,9H2,1H3,(H,21,22). The van der Waals surface area contributed by atoms with Gasteiger partial charge in [-0.25, -0.2) is 4.79 Å². The molecule has 0 amide bonds. The van der Waals surface area contributed by atoms with Crippen LogP contribution in [0.15, 0.2) is 56.7 Å². The number of nitrogens with zero attached hydrogens (tertiary/aromatic N) is 2. The van der Waals surface area contributed by atoms with Crippen molar-refractivity contribution in [3.8, 4) is 11.5 Å². The van der Waals surface area contributed by atoms with Crippen LogP contribution in [-0.4, -0.2) is 24.8 Å². The molecule has 24 heavy (non-hydrogen) atoms. The average molecular weight is 389 g/mol. The van der Waals surface area contributed by atoms with Crippen molar-refractivity contribution in [3.05, 3.63) is 52.0 Å². The number of carboxylic acids is 1. The fraction of sp³-hybridized carbons (Fsp3) is 0.118. The molecule has 0 radical (unpaired) electrons. The third-order valence-corrected chi connectivity index (χ3v) is 3.89. The van der Waals surface area contributed by atoms with E-state index in [1.165, 1.54) is 0 Å². The number of hydrogen-bond donors (Lipinski definition) is 1. The molecule has 122 valence electrons. The van der Waals surface area contributed by atoms with Crippen molar-refractivity contribution in [2.24, 2.45) is 10.2 Å². The van der Waals surface area contributed by atoms with Crippen LogP contribution in [0.4, 0.5) is 11.4 Å². The van der Waals surface area contributed by atoms with Crippen LogP contribution in [0.3, 0.4) is 0 Å². The molecular formula is C17H13BrN2O4. The predicted molar refractivity (Wildman–Crippen MR) is 92.4 cm³/mol. The lowest BCUT2D eigenvalue weighted by Crippen LogP contribution is -2.13. The van der Waals surface area contributed by atoms with Gasteiger partial charge in [0, 0.05) is 10.0 Å². The third-order valence-electron chi connectivity index (χ3n) is 3.40. The Hall–Kier alpha value is -2.67. The minimum atomic E-state index is -0.993. The molecule has 1 aliphatic rings. The minimum Gasteiger partial charge on any atom is -0.494 e. The summed E-state index contributed by atoms with van der Waals surface area (Å²) in [7, 11) is 1.56. The second kappa shape index (κ2) is 6.84. The van der Waals surface area contributed by atoms with Crippen molar-refractivity contribution < 1.29 is 19.4 Å². The van der Waals surface area contributed by atoms with E-state index in [1.807, 2.05) is 6.07 Å². The summed E-state index contributed by atoms with van der Waals surface area (Å²) in [6.07, 6.45) is 1.58. The van der Waals surface area contributed by atoms with Gasteiger partial charge in [0.2, 0.25) is 0 Å². The molecule has 1 N–H and O–H groups in total. The van der Waals surface area contributed by atoms with Crippen molar-refractivity contribution in [1.29, 1.82) is 0 Å². The van der Waals surface area contributed by atoms with Gasteiger partial charge in [-0.1, -0.05) is 15.9 Å². The van der Waals surface area contributed by atoms with Crippen LogP contribution in [0, 0.1) is 0 Å². The van der Waals surface area contributed by atoms with Gasteiger partial charge in [-0.3, -0.25) is 0 Å². The zero-order valence-corrected chi connectivity index (χ0v) is 14.3. The van der Waals surface area contributed by atoms with Crippen LogP contribution in [0.1, 0.15) is 5.56 Å². The van der Waals surface area contributed by atoms with Gasteiger partial charge in [0.05, 0.1) is 18.4 Å². The van der Waals surface area contributed by atoms with Crippen LogP contribution >= 0.6 is 15.9 Å². The first-order chi connectivity index (χ1) is 11.6. The molecule has 6 nitrogen and oxygen atoms in total. The maximum absolute atomic E-state index is 11.0. The molecule has 0 unspecified atom stereocenters. The van der Waals surface area contributed by atoms with E-state index in [2.05, 4.69) is 26.2 Å². The number of fused-ring (bicyclic) bond motifs is 1. The van der Waals surface area contributed by atoms with Crippen LogP contribution in [-0.2, 0) is 4.79 Å². The highest BCUT2D eigenvalue weighted by atomic mass is 79.9. The first-order valence-corrected chi connectivity index (χ1v) is 7.82. The van der Waals surface area contributed by atoms with Crippen LogP contribution in [0.25, 0.3) is 6.08 Å². The lowest BCUT2D eigenvalue weighted by atomic mass is 10.1. The van der Waals surface area contributed by atoms with Gasteiger partial charge in [-0.05, 0) is 42.5 Å². The number of methoxy groups -OCH3 is 1. The first-order valence-electron chi connectivity index (χ1n) is 7.03. The van der Waals surface area contributed by atoms with Gasteiger partial charge in [0.1, 0.15) is 23.8 Å². The van der Waals surface area contributed by atoms with Crippen LogP contribution in [0.2, 0.25) is 0 Å².